The summed E-state index contributed by atoms with van der Waals surface area (Å²) in [5, 5.41) is 5.09. The van der Waals surface area contributed by atoms with E-state index in [1.54, 1.807) is 0 Å². The Morgan fingerprint density at radius 3 is 2.87 bits per heavy atom. The molecule has 1 heterocycles. The fraction of sp³-hybridized carbons (Fsp3) is 0.273. The van der Waals surface area contributed by atoms with Crippen molar-refractivity contribution in [2.45, 2.75) is 12.5 Å². The van der Waals surface area contributed by atoms with Crippen LogP contribution in [0.1, 0.15) is 17.2 Å². The Balaban J connectivity index is 2.05. The van der Waals surface area contributed by atoms with E-state index in [1.165, 1.54) is 0 Å². The molecule has 0 aromatic heterocycles. The maximum Gasteiger partial charge on any atom is 0.321 e. The molecule has 2 unspecified atom stereocenters. The molecule has 4 nitrogen and oxygen atoms in total. The van der Waals surface area contributed by atoms with E-state index in [0.717, 1.165) is 11.1 Å². The van der Waals surface area contributed by atoms with Gasteiger partial charge in [0.1, 0.15) is 0 Å². The molecule has 1 aliphatic heterocycles. The molecule has 0 radical (unpaired) electrons. The first-order chi connectivity index (χ1) is 7.25. The van der Waals surface area contributed by atoms with Crippen LogP contribution in [-0.4, -0.2) is 11.9 Å². The zero-order valence-corrected chi connectivity index (χ0v) is 7.99. The number of fused-ring (bicyclic) bond motifs is 3. The van der Waals surface area contributed by atoms with E-state index in [4.69, 9.17) is 0 Å². The van der Waals surface area contributed by atoms with Crippen molar-refractivity contribution in [3.63, 3.8) is 0 Å². The van der Waals surface area contributed by atoms with E-state index in [2.05, 4.69) is 10.6 Å². The molecule has 2 N–H and O–H groups in total. The minimum absolute atomic E-state index is 0.137. The lowest BCUT2D eigenvalue weighted by Gasteiger charge is -2.26. The third-order valence-electron chi connectivity index (χ3n) is 3.09. The quantitative estimate of drug-likeness (QED) is 0.652. The normalized spacial score (nSPS) is 27.7. The van der Waals surface area contributed by atoms with Crippen LogP contribution in [0.15, 0.2) is 24.3 Å². The van der Waals surface area contributed by atoms with Gasteiger partial charge in [0.2, 0.25) is 5.91 Å². The number of benzene rings is 1. The third-order valence-corrected chi connectivity index (χ3v) is 3.09. The molecule has 0 saturated carbocycles. The second-order valence-electron chi connectivity index (χ2n) is 3.95. The van der Waals surface area contributed by atoms with Gasteiger partial charge in [0, 0.05) is 0 Å². The minimum Gasteiger partial charge on any atom is -0.330 e. The van der Waals surface area contributed by atoms with Crippen molar-refractivity contribution in [2.75, 3.05) is 0 Å². The molecule has 0 spiro atoms. The lowest BCUT2D eigenvalue weighted by Crippen LogP contribution is -2.52. The molecule has 4 heteroatoms. The lowest BCUT2D eigenvalue weighted by atomic mass is 9.98. The van der Waals surface area contributed by atoms with Crippen LogP contribution in [0.5, 0.6) is 0 Å². The fourth-order valence-electron chi connectivity index (χ4n) is 2.40. The third kappa shape index (κ3) is 1.14. The molecule has 15 heavy (non-hydrogen) atoms. The van der Waals surface area contributed by atoms with E-state index >= 15 is 0 Å². The molecule has 2 aliphatic rings. The number of imide groups is 1. The average Bonchev–Trinajstić information content (AvgIpc) is 2.57. The first kappa shape index (κ1) is 8.47. The van der Waals surface area contributed by atoms with Crippen molar-refractivity contribution in [3.8, 4) is 0 Å². The second-order valence-corrected chi connectivity index (χ2v) is 3.95. The van der Waals surface area contributed by atoms with Gasteiger partial charge in [-0.2, -0.15) is 0 Å². The maximum atomic E-state index is 11.6. The Morgan fingerprint density at radius 2 is 2.00 bits per heavy atom. The Kier molecular flexibility index (Phi) is 1.59. The summed E-state index contributed by atoms with van der Waals surface area (Å²) in [5.41, 5.74) is 2.23. The van der Waals surface area contributed by atoms with Crippen LogP contribution in [0, 0.1) is 5.92 Å². The summed E-state index contributed by atoms with van der Waals surface area (Å²) >= 11 is 0. The molecule has 2 atom stereocenters. The van der Waals surface area contributed by atoms with Crippen molar-refractivity contribution in [3.05, 3.63) is 35.4 Å². The number of rotatable bonds is 0. The molecule has 76 valence electrons. The highest BCUT2D eigenvalue weighted by atomic mass is 16.2. The smallest absolute Gasteiger partial charge is 0.321 e. The van der Waals surface area contributed by atoms with E-state index < -0.39 is 6.03 Å². The largest absolute Gasteiger partial charge is 0.330 e. The summed E-state index contributed by atoms with van der Waals surface area (Å²) in [7, 11) is 0. The topological polar surface area (TPSA) is 58.2 Å². The fourth-order valence-corrected chi connectivity index (χ4v) is 2.40. The van der Waals surface area contributed by atoms with Crippen molar-refractivity contribution >= 4 is 11.9 Å². The number of urea groups is 1. The number of carbonyl (C=O) groups is 2. The van der Waals surface area contributed by atoms with Gasteiger partial charge in [-0.25, -0.2) is 4.79 Å². The summed E-state index contributed by atoms with van der Waals surface area (Å²) in [6.07, 6.45) is 0.715. The summed E-state index contributed by atoms with van der Waals surface area (Å²) < 4.78 is 0. The Labute approximate surface area is 86.7 Å². The first-order valence-electron chi connectivity index (χ1n) is 4.95. The molecule has 3 amide bonds. The molecular formula is C11H10N2O2. The molecule has 3 rings (SSSR count). The monoisotopic (exact) mass is 202 g/mol. The van der Waals surface area contributed by atoms with Crippen LogP contribution in [-0.2, 0) is 11.2 Å². The molecule has 1 aromatic rings. The van der Waals surface area contributed by atoms with Crippen LogP contribution < -0.4 is 10.6 Å². The summed E-state index contributed by atoms with van der Waals surface area (Å²) in [6.45, 7) is 0. The van der Waals surface area contributed by atoms with Crippen molar-refractivity contribution in [1.29, 1.82) is 0 Å². The number of hydrogen-bond donors (Lipinski definition) is 2. The first-order valence-corrected chi connectivity index (χ1v) is 4.95. The number of carbonyl (C=O) groups excluding carboxylic acids is 2. The predicted octanol–water partition coefficient (Wildman–Crippen LogP) is 0.739. The van der Waals surface area contributed by atoms with E-state index in [-0.39, 0.29) is 17.9 Å². The van der Waals surface area contributed by atoms with Gasteiger partial charge in [-0.05, 0) is 17.5 Å². The van der Waals surface area contributed by atoms with Gasteiger partial charge in [0.05, 0.1) is 12.0 Å². The Bertz CT molecular complexity index is 456. The van der Waals surface area contributed by atoms with Gasteiger partial charge in [-0.1, -0.05) is 24.3 Å². The van der Waals surface area contributed by atoms with E-state index in [1.807, 2.05) is 24.3 Å². The van der Waals surface area contributed by atoms with E-state index in [0.29, 0.717) is 6.42 Å². The molecule has 1 aliphatic carbocycles. The van der Waals surface area contributed by atoms with Crippen molar-refractivity contribution in [1.82, 2.24) is 10.6 Å². The van der Waals surface area contributed by atoms with Crippen molar-refractivity contribution in [2.24, 2.45) is 5.92 Å². The number of amides is 3. The SMILES string of the molecule is O=C1NC(=O)C2Cc3ccccc3C2N1. The predicted molar refractivity (Wildman–Crippen MR) is 53.1 cm³/mol. The van der Waals surface area contributed by atoms with Gasteiger partial charge in [-0.15, -0.1) is 0 Å². The van der Waals surface area contributed by atoms with Gasteiger partial charge >= 0.3 is 6.03 Å². The summed E-state index contributed by atoms with van der Waals surface area (Å²) in [4.78, 5) is 22.8. The number of hydrogen-bond acceptors (Lipinski definition) is 2. The molecule has 0 bridgehead atoms. The van der Waals surface area contributed by atoms with Gasteiger partial charge in [-0.3, -0.25) is 10.1 Å². The van der Waals surface area contributed by atoms with Crippen molar-refractivity contribution < 1.29 is 9.59 Å². The highest BCUT2D eigenvalue weighted by molar-refractivity contribution is 5.99. The molecule has 1 saturated heterocycles. The molecule has 1 fully saturated rings. The van der Waals surface area contributed by atoms with Gasteiger partial charge in [0.25, 0.3) is 0 Å². The zero-order chi connectivity index (χ0) is 10.4. The molecule has 1 aromatic carbocycles. The van der Waals surface area contributed by atoms with Gasteiger partial charge in [0.15, 0.2) is 0 Å². The van der Waals surface area contributed by atoms with Gasteiger partial charge < -0.3 is 5.32 Å². The minimum atomic E-state index is -0.391. The average molecular weight is 202 g/mol. The Morgan fingerprint density at radius 1 is 1.20 bits per heavy atom. The highest BCUT2D eigenvalue weighted by Crippen LogP contribution is 2.37. The second kappa shape index (κ2) is 2.82. The van der Waals surface area contributed by atoms with E-state index in [9.17, 15) is 9.59 Å². The van der Waals surface area contributed by atoms with Crippen LogP contribution in [0.4, 0.5) is 4.79 Å². The summed E-state index contributed by atoms with van der Waals surface area (Å²) in [5.74, 6) is -0.306. The van der Waals surface area contributed by atoms with Crippen LogP contribution in [0.25, 0.3) is 0 Å². The van der Waals surface area contributed by atoms with Crippen LogP contribution in [0.2, 0.25) is 0 Å². The maximum absolute atomic E-state index is 11.6. The standard InChI is InChI=1S/C11H10N2O2/c14-10-8-5-6-3-1-2-4-7(6)9(8)12-11(15)13-10/h1-4,8-9H,5H2,(H2,12,13,14,15). The van der Waals surface area contributed by atoms with Crippen LogP contribution in [0.3, 0.4) is 0 Å². The summed E-state index contributed by atoms with van der Waals surface area (Å²) in [6, 6.07) is 7.34. The Hall–Kier alpha value is -1.84. The number of nitrogens with one attached hydrogen (secondary N) is 2. The lowest BCUT2D eigenvalue weighted by molar-refractivity contribution is -0.125. The van der Waals surface area contributed by atoms with Crippen LogP contribution >= 0.6 is 0 Å². The zero-order valence-electron chi connectivity index (χ0n) is 7.99. The highest BCUT2D eigenvalue weighted by Gasteiger charge is 2.41. The molecular weight excluding hydrogens is 192 g/mol.